The molecule has 1 N–H and O–H groups in total. The van der Waals surface area contributed by atoms with Gasteiger partial charge in [0.2, 0.25) is 10.0 Å². The van der Waals surface area contributed by atoms with Gasteiger partial charge in [0.15, 0.2) is 0 Å². The molecule has 1 aliphatic rings. The Bertz CT molecular complexity index is 521. The van der Waals surface area contributed by atoms with Crippen LogP contribution in [0.5, 0.6) is 0 Å². The Labute approximate surface area is 122 Å². The van der Waals surface area contributed by atoms with Crippen LogP contribution in [0.15, 0.2) is 24.3 Å². The summed E-state index contributed by atoms with van der Waals surface area (Å²) in [6.07, 6.45) is 3.14. The second-order valence-electron chi connectivity index (χ2n) is 5.45. The molecule has 0 unspecified atom stereocenters. The average Bonchev–Trinajstić information content (AvgIpc) is 2.35. The molecule has 1 aromatic rings. The van der Waals surface area contributed by atoms with Gasteiger partial charge in [0.05, 0.1) is 5.75 Å². The van der Waals surface area contributed by atoms with Crippen molar-refractivity contribution in [2.24, 2.45) is 0 Å². The van der Waals surface area contributed by atoms with Crippen LogP contribution in [0, 0.1) is 0 Å². The van der Waals surface area contributed by atoms with Gasteiger partial charge in [-0.1, -0.05) is 37.6 Å². The van der Waals surface area contributed by atoms with Crippen molar-refractivity contribution in [2.45, 2.75) is 44.5 Å². The van der Waals surface area contributed by atoms with E-state index in [-0.39, 0.29) is 11.8 Å². The highest BCUT2D eigenvalue weighted by Crippen LogP contribution is 2.26. The Hall–Kier alpha value is -0.910. The molecule has 4 nitrogen and oxygen atoms in total. The second kappa shape index (κ2) is 6.70. The van der Waals surface area contributed by atoms with Gasteiger partial charge in [0, 0.05) is 19.6 Å². The third-order valence-electron chi connectivity index (χ3n) is 3.98. The van der Waals surface area contributed by atoms with Crippen molar-refractivity contribution in [1.82, 2.24) is 9.62 Å². The summed E-state index contributed by atoms with van der Waals surface area (Å²) in [4.78, 5) is 0. The summed E-state index contributed by atoms with van der Waals surface area (Å²) in [6, 6.07) is 8.04. The molecule has 0 spiro atoms. The van der Waals surface area contributed by atoms with Crippen LogP contribution < -0.4 is 5.32 Å². The number of rotatable bonds is 7. The number of sulfonamides is 1. The van der Waals surface area contributed by atoms with Crippen LogP contribution in [0.3, 0.4) is 0 Å². The lowest BCUT2D eigenvalue weighted by Crippen LogP contribution is -2.41. The fraction of sp³-hybridized carbons (Fsp3) is 0.600. The van der Waals surface area contributed by atoms with E-state index in [9.17, 15) is 8.42 Å². The van der Waals surface area contributed by atoms with E-state index in [1.54, 1.807) is 11.4 Å². The van der Waals surface area contributed by atoms with Gasteiger partial charge < -0.3 is 5.32 Å². The molecule has 112 valence electrons. The Morgan fingerprint density at radius 2 is 1.80 bits per heavy atom. The van der Waals surface area contributed by atoms with Gasteiger partial charge in [-0.05, 0) is 30.5 Å². The fourth-order valence-electron chi connectivity index (χ4n) is 2.31. The predicted molar refractivity (Wildman–Crippen MR) is 81.8 cm³/mol. The SMILES string of the molecule is CCNCc1ccc(CS(=O)(=O)N(C)C2CCC2)cc1. The first-order valence-electron chi connectivity index (χ1n) is 7.27. The maximum atomic E-state index is 12.3. The first kappa shape index (κ1) is 15.5. The zero-order chi connectivity index (χ0) is 14.6. The molecule has 1 fully saturated rings. The third kappa shape index (κ3) is 3.81. The Balaban J connectivity index is 1.97. The molecule has 2 rings (SSSR count). The number of nitrogens with one attached hydrogen (secondary N) is 1. The van der Waals surface area contributed by atoms with Gasteiger partial charge in [0.1, 0.15) is 0 Å². The summed E-state index contributed by atoms with van der Waals surface area (Å²) >= 11 is 0. The van der Waals surface area contributed by atoms with Crippen molar-refractivity contribution in [3.05, 3.63) is 35.4 Å². The van der Waals surface area contributed by atoms with E-state index >= 15 is 0 Å². The number of nitrogens with zero attached hydrogens (tertiary/aromatic N) is 1. The lowest BCUT2D eigenvalue weighted by Gasteiger charge is -2.33. The van der Waals surface area contributed by atoms with E-state index < -0.39 is 10.0 Å². The minimum atomic E-state index is -3.19. The average molecular weight is 296 g/mol. The highest BCUT2D eigenvalue weighted by atomic mass is 32.2. The fourth-order valence-corrected chi connectivity index (χ4v) is 3.79. The summed E-state index contributed by atoms with van der Waals surface area (Å²) < 4.78 is 26.2. The normalized spacial score (nSPS) is 16.4. The molecule has 1 saturated carbocycles. The summed E-state index contributed by atoms with van der Waals surface area (Å²) in [5, 5.41) is 3.25. The monoisotopic (exact) mass is 296 g/mol. The molecule has 0 aromatic heterocycles. The van der Waals surface area contributed by atoms with E-state index in [1.807, 2.05) is 24.3 Å². The Kier molecular flexibility index (Phi) is 5.18. The minimum Gasteiger partial charge on any atom is -0.313 e. The molecule has 20 heavy (non-hydrogen) atoms. The molecular formula is C15H24N2O2S. The zero-order valence-corrected chi connectivity index (χ0v) is 13.1. The van der Waals surface area contributed by atoms with E-state index in [0.29, 0.717) is 0 Å². The lowest BCUT2D eigenvalue weighted by atomic mass is 9.94. The Morgan fingerprint density at radius 1 is 1.20 bits per heavy atom. The minimum absolute atomic E-state index is 0.0987. The standard InChI is InChI=1S/C15H24N2O2S/c1-3-16-11-13-7-9-14(10-8-13)12-20(18,19)17(2)15-5-4-6-15/h7-10,15-16H,3-6,11-12H2,1-2H3. The number of hydrogen-bond donors (Lipinski definition) is 1. The van der Waals surface area contributed by atoms with Crippen LogP contribution in [0.1, 0.15) is 37.3 Å². The molecule has 0 aliphatic heterocycles. The van der Waals surface area contributed by atoms with Crippen LogP contribution in [-0.2, 0) is 22.3 Å². The first-order chi connectivity index (χ1) is 9.53. The summed E-state index contributed by atoms with van der Waals surface area (Å²) in [5.74, 6) is 0.0987. The third-order valence-corrected chi connectivity index (χ3v) is 5.85. The molecule has 5 heteroatoms. The van der Waals surface area contributed by atoms with E-state index in [1.165, 1.54) is 5.56 Å². The van der Waals surface area contributed by atoms with Crippen LogP contribution >= 0.6 is 0 Å². The second-order valence-corrected chi connectivity index (χ2v) is 7.48. The zero-order valence-electron chi connectivity index (χ0n) is 12.3. The van der Waals surface area contributed by atoms with Crippen LogP contribution in [0.2, 0.25) is 0 Å². The molecule has 0 bridgehead atoms. The maximum Gasteiger partial charge on any atom is 0.218 e. The van der Waals surface area contributed by atoms with Crippen molar-refractivity contribution < 1.29 is 8.42 Å². The van der Waals surface area contributed by atoms with E-state index in [2.05, 4.69) is 12.2 Å². The Morgan fingerprint density at radius 3 is 2.30 bits per heavy atom. The maximum absolute atomic E-state index is 12.3. The molecule has 0 saturated heterocycles. The van der Waals surface area contributed by atoms with Gasteiger partial charge in [-0.2, -0.15) is 0 Å². The smallest absolute Gasteiger partial charge is 0.218 e. The predicted octanol–water partition coefficient (Wildman–Crippen LogP) is 2.11. The number of benzene rings is 1. The van der Waals surface area contributed by atoms with Gasteiger partial charge in [-0.3, -0.25) is 0 Å². The molecule has 0 amide bonds. The van der Waals surface area contributed by atoms with Gasteiger partial charge in [0.25, 0.3) is 0 Å². The van der Waals surface area contributed by atoms with Gasteiger partial charge in [-0.25, -0.2) is 12.7 Å². The molecular weight excluding hydrogens is 272 g/mol. The van der Waals surface area contributed by atoms with Crippen LogP contribution in [0.4, 0.5) is 0 Å². The highest BCUT2D eigenvalue weighted by Gasteiger charge is 2.30. The van der Waals surface area contributed by atoms with E-state index in [0.717, 1.165) is 37.9 Å². The van der Waals surface area contributed by atoms with Crippen molar-refractivity contribution in [1.29, 1.82) is 0 Å². The van der Waals surface area contributed by atoms with Crippen molar-refractivity contribution >= 4 is 10.0 Å². The van der Waals surface area contributed by atoms with Crippen molar-refractivity contribution in [3.8, 4) is 0 Å². The summed E-state index contributed by atoms with van der Waals surface area (Å²) in [6.45, 7) is 3.82. The lowest BCUT2D eigenvalue weighted by molar-refractivity contribution is 0.249. The van der Waals surface area contributed by atoms with Gasteiger partial charge >= 0.3 is 0 Å². The molecule has 0 radical (unpaired) electrons. The first-order valence-corrected chi connectivity index (χ1v) is 8.88. The van der Waals surface area contributed by atoms with E-state index in [4.69, 9.17) is 0 Å². The van der Waals surface area contributed by atoms with Crippen LogP contribution in [0.25, 0.3) is 0 Å². The largest absolute Gasteiger partial charge is 0.313 e. The molecule has 1 aliphatic carbocycles. The highest BCUT2D eigenvalue weighted by molar-refractivity contribution is 7.88. The summed E-state index contributed by atoms with van der Waals surface area (Å²) in [7, 11) is -1.48. The summed E-state index contributed by atoms with van der Waals surface area (Å²) in [5.41, 5.74) is 2.04. The molecule has 0 atom stereocenters. The topological polar surface area (TPSA) is 49.4 Å². The van der Waals surface area contributed by atoms with Crippen LogP contribution in [-0.4, -0.2) is 32.4 Å². The molecule has 0 heterocycles. The van der Waals surface area contributed by atoms with Gasteiger partial charge in [-0.15, -0.1) is 0 Å². The van der Waals surface area contributed by atoms with Crippen molar-refractivity contribution in [2.75, 3.05) is 13.6 Å². The number of hydrogen-bond acceptors (Lipinski definition) is 3. The quantitative estimate of drug-likeness (QED) is 0.838. The molecule has 1 aromatic carbocycles. The van der Waals surface area contributed by atoms with Crippen molar-refractivity contribution in [3.63, 3.8) is 0 Å².